The van der Waals surface area contributed by atoms with Crippen molar-refractivity contribution in [3.8, 4) is 0 Å². The third kappa shape index (κ3) is 3.29. The summed E-state index contributed by atoms with van der Waals surface area (Å²) < 4.78 is 28.6. The zero-order chi connectivity index (χ0) is 14.8. The van der Waals surface area contributed by atoms with Gasteiger partial charge in [0.15, 0.2) is 0 Å². The Labute approximate surface area is 133 Å². The molecule has 0 aliphatic rings. The lowest BCUT2D eigenvalue weighted by Gasteiger charge is -2.12. The van der Waals surface area contributed by atoms with E-state index in [1.807, 2.05) is 0 Å². The maximum Gasteiger partial charge on any atom is 0.265 e. The van der Waals surface area contributed by atoms with Gasteiger partial charge < -0.3 is 5.43 Å². The summed E-state index contributed by atoms with van der Waals surface area (Å²) in [5, 5.41) is 0. The molecule has 0 unspecified atom stereocenters. The molecule has 0 amide bonds. The lowest BCUT2D eigenvalue weighted by atomic mass is 10.3. The van der Waals surface area contributed by atoms with Crippen LogP contribution in [-0.2, 0) is 10.0 Å². The summed E-state index contributed by atoms with van der Waals surface area (Å²) in [7, 11) is -3.79. The topological polar surface area (TPSA) is 97.1 Å². The van der Waals surface area contributed by atoms with E-state index < -0.39 is 10.0 Å². The predicted octanol–water partition coefficient (Wildman–Crippen LogP) is 2.69. The van der Waals surface area contributed by atoms with E-state index in [9.17, 15) is 8.42 Å². The van der Waals surface area contributed by atoms with Crippen LogP contribution < -0.4 is 16.0 Å². The molecule has 2 aromatic rings. The fourth-order valence-corrected chi connectivity index (χ4v) is 3.96. The molecule has 1 aromatic heterocycles. The second-order valence-corrected chi connectivity index (χ2v) is 7.17. The Morgan fingerprint density at radius 3 is 2.55 bits per heavy atom. The summed E-state index contributed by atoms with van der Waals surface area (Å²) in [4.78, 5) is 3.77. The van der Waals surface area contributed by atoms with Crippen LogP contribution >= 0.6 is 31.9 Å². The minimum Gasteiger partial charge on any atom is -0.323 e. The molecule has 4 N–H and O–H groups in total. The number of sulfonamides is 1. The van der Waals surface area contributed by atoms with Crippen LogP contribution in [0.2, 0.25) is 0 Å². The second kappa shape index (κ2) is 6.08. The highest BCUT2D eigenvalue weighted by atomic mass is 79.9. The maximum atomic E-state index is 12.3. The van der Waals surface area contributed by atoms with Gasteiger partial charge in [-0.3, -0.25) is 15.5 Å². The van der Waals surface area contributed by atoms with E-state index in [2.05, 4.69) is 47.0 Å². The van der Waals surface area contributed by atoms with E-state index >= 15 is 0 Å². The summed E-state index contributed by atoms with van der Waals surface area (Å²) >= 11 is 6.59. The van der Waals surface area contributed by atoms with Gasteiger partial charge in [-0.2, -0.15) is 0 Å². The molecular weight excluding hydrogens is 412 g/mol. The van der Waals surface area contributed by atoms with E-state index in [1.54, 1.807) is 18.2 Å². The quantitative estimate of drug-likeness (QED) is 0.520. The Morgan fingerprint density at radius 2 is 1.90 bits per heavy atom. The van der Waals surface area contributed by atoms with Crippen LogP contribution in [0.3, 0.4) is 0 Å². The maximum absolute atomic E-state index is 12.3. The SMILES string of the molecule is NNc1ccncc1S(=O)(=O)Nc1ccc(Br)cc1Br. The standard InChI is InChI=1S/C11H10Br2N4O2S/c12-7-1-2-9(8(13)5-7)17-20(18,19)11-6-15-4-3-10(11)16-14/h1-6,17H,14H2,(H,15,16). The van der Waals surface area contributed by atoms with Gasteiger partial charge in [-0.25, -0.2) is 8.42 Å². The second-order valence-electron chi connectivity index (χ2n) is 3.75. The molecule has 0 aliphatic heterocycles. The van der Waals surface area contributed by atoms with Crippen LogP contribution in [0.1, 0.15) is 0 Å². The number of benzene rings is 1. The Hall–Kier alpha value is -1.16. The highest BCUT2D eigenvalue weighted by Gasteiger charge is 2.19. The van der Waals surface area contributed by atoms with Crippen molar-refractivity contribution in [2.75, 3.05) is 10.1 Å². The Morgan fingerprint density at radius 1 is 1.15 bits per heavy atom. The molecule has 0 radical (unpaired) electrons. The van der Waals surface area contributed by atoms with Crippen LogP contribution in [0.4, 0.5) is 11.4 Å². The number of nitrogens with two attached hydrogens (primary N) is 1. The number of rotatable bonds is 4. The van der Waals surface area contributed by atoms with E-state index in [-0.39, 0.29) is 10.6 Å². The average molecular weight is 422 g/mol. The molecule has 106 valence electrons. The Balaban J connectivity index is 2.41. The number of nitrogens with zero attached hydrogens (tertiary/aromatic N) is 1. The molecule has 0 bridgehead atoms. The van der Waals surface area contributed by atoms with Gasteiger partial charge in [0.1, 0.15) is 4.90 Å². The van der Waals surface area contributed by atoms with E-state index in [0.717, 1.165) is 4.47 Å². The van der Waals surface area contributed by atoms with Crippen LogP contribution in [-0.4, -0.2) is 13.4 Å². The first-order chi connectivity index (χ1) is 9.44. The van der Waals surface area contributed by atoms with Gasteiger partial charge >= 0.3 is 0 Å². The van der Waals surface area contributed by atoms with Crippen LogP contribution in [0.25, 0.3) is 0 Å². The van der Waals surface area contributed by atoms with E-state index in [0.29, 0.717) is 10.2 Å². The van der Waals surface area contributed by atoms with Crippen molar-refractivity contribution in [2.24, 2.45) is 5.84 Å². The molecule has 9 heteroatoms. The van der Waals surface area contributed by atoms with Gasteiger partial charge in [0.2, 0.25) is 0 Å². The van der Waals surface area contributed by atoms with Gasteiger partial charge in [0.25, 0.3) is 10.0 Å². The van der Waals surface area contributed by atoms with Crippen molar-refractivity contribution in [3.05, 3.63) is 45.6 Å². The Bertz CT molecular complexity index is 737. The zero-order valence-corrected chi connectivity index (χ0v) is 14.0. The molecule has 0 spiro atoms. The summed E-state index contributed by atoms with van der Waals surface area (Å²) in [5.74, 6) is 5.31. The molecule has 0 saturated heterocycles. The predicted molar refractivity (Wildman–Crippen MR) is 84.7 cm³/mol. The molecular formula is C11H10Br2N4O2S. The average Bonchev–Trinajstić information content (AvgIpc) is 2.42. The number of anilines is 2. The minimum atomic E-state index is -3.79. The number of nitrogens with one attached hydrogen (secondary N) is 2. The van der Waals surface area contributed by atoms with Crippen LogP contribution in [0.5, 0.6) is 0 Å². The van der Waals surface area contributed by atoms with Gasteiger partial charge in [-0.05, 0) is 40.2 Å². The smallest absolute Gasteiger partial charge is 0.265 e. The lowest BCUT2D eigenvalue weighted by molar-refractivity contribution is 0.601. The molecule has 0 saturated carbocycles. The number of halogens is 2. The molecule has 0 atom stereocenters. The summed E-state index contributed by atoms with van der Waals surface area (Å²) in [6.45, 7) is 0. The monoisotopic (exact) mass is 420 g/mol. The highest BCUT2D eigenvalue weighted by molar-refractivity contribution is 9.11. The fourth-order valence-electron chi connectivity index (χ4n) is 1.49. The first-order valence-electron chi connectivity index (χ1n) is 5.32. The van der Waals surface area contributed by atoms with Crippen LogP contribution in [0.15, 0.2) is 50.5 Å². The van der Waals surface area contributed by atoms with Crippen molar-refractivity contribution in [3.63, 3.8) is 0 Å². The summed E-state index contributed by atoms with van der Waals surface area (Å²) in [6.07, 6.45) is 2.67. The minimum absolute atomic E-state index is 0.0303. The van der Waals surface area contributed by atoms with Gasteiger partial charge in [-0.1, -0.05) is 15.9 Å². The molecule has 0 fully saturated rings. The van der Waals surface area contributed by atoms with Crippen molar-refractivity contribution in [1.29, 1.82) is 0 Å². The van der Waals surface area contributed by atoms with Crippen molar-refractivity contribution in [2.45, 2.75) is 4.90 Å². The van der Waals surface area contributed by atoms with Crippen LogP contribution in [0, 0.1) is 0 Å². The van der Waals surface area contributed by atoms with E-state index in [1.165, 1.54) is 18.5 Å². The largest absolute Gasteiger partial charge is 0.323 e. The zero-order valence-electron chi connectivity index (χ0n) is 9.97. The summed E-state index contributed by atoms with van der Waals surface area (Å²) in [5.41, 5.74) is 3.01. The van der Waals surface area contributed by atoms with Gasteiger partial charge in [0, 0.05) is 21.3 Å². The fraction of sp³-hybridized carbons (Fsp3) is 0. The van der Waals surface area contributed by atoms with E-state index in [4.69, 9.17) is 5.84 Å². The highest BCUT2D eigenvalue weighted by Crippen LogP contribution is 2.29. The molecule has 1 aromatic carbocycles. The number of pyridine rings is 1. The van der Waals surface area contributed by atoms with Gasteiger partial charge in [0.05, 0.1) is 11.4 Å². The third-order valence-corrected chi connectivity index (χ3v) is 4.95. The number of aromatic nitrogens is 1. The number of hydrazine groups is 1. The molecule has 2 rings (SSSR count). The van der Waals surface area contributed by atoms with Crippen molar-refractivity contribution in [1.82, 2.24) is 4.98 Å². The van der Waals surface area contributed by atoms with Crippen molar-refractivity contribution >= 4 is 53.3 Å². The normalized spacial score (nSPS) is 11.2. The molecule has 6 nitrogen and oxygen atoms in total. The number of nitrogen functional groups attached to an aromatic ring is 1. The third-order valence-electron chi connectivity index (χ3n) is 2.40. The van der Waals surface area contributed by atoms with Crippen molar-refractivity contribution < 1.29 is 8.42 Å². The summed E-state index contributed by atoms with van der Waals surface area (Å²) in [6, 6.07) is 6.58. The first kappa shape index (κ1) is 15.2. The molecule has 1 heterocycles. The molecule has 0 aliphatic carbocycles. The lowest BCUT2D eigenvalue weighted by Crippen LogP contribution is -2.18. The first-order valence-corrected chi connectivity index (χ1v) is 8.39. The van der Waals surface area contributed by atoms with Gasteiger partial charge in [-0.15, -0.1) is 0 Å². The number of hydrogen-bond donors (Lipinski definition) is 3. The molecule has 20 heavy (non-hydrogen) atoms. The Kier molecular flexibility index (Phi) is 4.63. The number of hydrogen-bond acceptors (Lipinski definition) is 5.